The predicted octanol–water partition coefficient (Wildman–Crippen LogP) is 19.1. The molecule has 4 heteroatoms. The highest BCUT2D eigenvalue weighted by Crippen LogP contribution is 2.43. The average Bonchev–Trinajstić information content (AvgIpc) is 3.86. The van der Waals surface area contributed by atoms with Gasteiger partial charge in [0.1, 0.15) is 11.2 Å². The Morgan fingerprint density at radius 3 is 1.08 bits per heavy atom. The van der Waals surface area contributed by atoms with Crippen molar-refractivity contribution in [1.29, 1.82) is 0 Å². The van der Waals surface area contributed by atoms with Gasteiger partial charge in [-0.15, -0.1) is 0 Å². The van der Waals surface area contributed by atoms with Crippen LogP contribution in [0, 0.1) is 13.8 Å². The summed E-state index contributed by atoms with van der Waals surface area (Å²) in [6.07, 6.45) is 5.75. The summed E-state index contributed by atoms with van der Waals surface area (Å²) in [4.78, 5) is 14.3. The number of para-hydroxylation sites is 1. The molecule has 0 bridgehead atoms. The van der Waals surface area contributed by atoms with Gasteiger partial charge in [-0.3, -0.25) is 15.0 Å². The Kier molecular flexibility index (Phi) is 11.6. The Hall–Kier alpha value is -9.77. The van der Waals surface area contributed by atoms with E-state index in [1.807, 2.05) is 30.7 Å². The molecule has 13 aromatic rings. The van der Waals surface area contributed by atoms with Gasteiger partial charge in [0, 0.05) is 46.1 Å². The molecule has 0 atom stereocenters. The van der Waals surface area contributed by atoms with E-state index in [1.165, 1.54) is 0 Å². The molecule has 354 valence electrons. The third-order valence-corrected chi connectivity index (χ3v) is 14.4. The van der Waals surface area contributed by atoms with Crippen LogP contribution in [0.25, 0.3) is 134 Å². The first-order valence-corrected chi connectivity index (χ1v) is 25.4. The first kappa shape index (κ1) is 45.1. The minimum absolute atomic E-state index is 0.879. The number of furan rings is 1. The van der Waals surface area contributed by atoms with E-state index in [9.17, 15) is 0 Å². The fraction of sp³-hybridized carbons (Fsp3) is 0.0282. The fourth-order valence-electron chi connectivity index (χ4n) is 10.5. The van der Waals surface area contributed by atoms with E-state index in [1.54, 1.807) is 0 Å². The molecule has 4 nitrogen and oxygen atoms in total. The molecule has 0 spiro atoms. The molecule has 0 saturated heterocycles. The smallest absolute Gasteiger partial charge is 0.136 e. The maximum absolute atomic E-state index is 6.25. The van der Waals surface area contributed by atoms with Crippen LogP contribution in [0.15, 0.2) is 266 Å². The minimum atomic E-state index is 0.879. The second kappa shape index (κ2) is 19.3. The number of nitrogens with zero attached hydrogens (tertiary/aromatic N) is 3. The molecular weight excluding hydrogens is 911 g/mol. The number of fused-ring (bicyclic) bond motifs is 3. The molecule has 0 aliphatic carbocycles. The van der Waals surface area contributed by atoms with Crippen molar-refractivity contribution in [2.45, 2.75) is 13.8 Å². The lowest BCUT2D eigenvalue weighted by molar-refractivity contribution is 0.669. The summed E-state index contributed by atoms with van der Waals surface area (Å²) in [5.74, 6) is 0. The van der Waals surface area contributed by atoms with Crippen LogP contribution in [-0.4, -0.2) is 15.0 Å². The zero-order valence-corrected chi connectivity index (χ0v) is 41.6. The van der Waals surface area contributed by atoms with Crippen molar-refractivity contribution in [3.05, 3.63) is 272 Å². The lowest BCUT2D eigenvalue weighted by Gasteiger charge is -2.18. The van der Waals surface area contributed by atoms with Gasteiger partial charge >= 0.3 is 0 Å². The molecule has 0 aliphatic heterocycles. The molecule has 4 aromatic heterocycles. The number of benzene rings is 9. The van der Waals surface area contributed by atoms with Crippen LogP contribution in [0.1, 0.15) is 11.1 Å². The van der Waals surface area contributed by atoms with Crippen LogP contribution in [0.5, 0.6) is 0 Å². The largest absolute Gasteiger partial charge is 0.456 e. The molecular formula is C71H49N3O. The Balaban J connectivity index is 0.892. The van der Waals surface area contributed by atoms with Crippen molar-refractivity contribution in [3.8, 4) is 112 Å². The van der Waals surface area contributed by atoms with E-state index < -0.39 is 0 Å². The number of rotatable bonds is 10. The molecule has 13 rings (SSSR count). The van der Waals surface area contributed by atoms with Gasteiger partial charge < -0.3 is 4.42 Å². The number of aryl methyl sites for hydroxylation is 2. The van der Waals surface area contributed by atoms with Gasteiger partial charge in [0.2, 0.25) is 0 Å². The van der Waals surface area contributed by atoms with E-state index in [0.717, 1.165) is 145 Å². The third-order valence-electron chi connectivity index (χ3n) is 14.4. The molecule has 0 unspecified atom stereocenters. The van der Waals surface area contributed by atoms with Crippen LogP contribution in [-0.2, 0) is 0 Å². The van der Waals surface area contributed by atoms with Gasteiger partial charge in [-0.1, -0.05) is 182 Å². The molecule has 0 amide bonds. The summed E-state index contributed by atoms with van der Waals surface area (Å²) in [6, 6.07) is 87.1. The Labute approximate surface area is 437 Å². The van der Waals surface area contributed by atoms with Gasteiger partial charge in [0.15, 0.2) is 0 Å². The lowest BCUT2D eigenvalue weighted by Crippen LogP contribution is -1.92. The van der Waals surface area contributed by atoms with E-state index in [0.29, 0.717) is 0 Å². The maximum atomic E-state index is 6.25. The average molecular weight is 960 g/mol. The summed E-state index contributed by atoms with van der Waals surface area (Å²) in [6.45, 7) is 4.14. The third kappa shape index (κ3) is 8.89. The van der Waals surface area contributed by atoms with E-state index in [2.05, 4.69) is 244 Å². The summed E-state index contributed by atoms with van der Waals surface area (Å²) in [5.41, 5.74) is 26.0. The lowest BCUT2D eigenvalue weighted by atomic mass is 9.86. The molecule has 0 N–H and O–H groups in total. The van der Waals surface area contributed by atoms with Crippen LogP contribution in [0.4, 0.5) is 0 Å². The monoisotopic (exact) mass is 959 g/mol. The molecule has 0 aliphatic rings. The van der Waals surface area contributed by atoms with Crippen molar-refractivity contribution in [2.75, 3.05) is 0 Å². The molecule has 0 fully saturated rings. The Morgan fingerprint density at radius 1 is 0.253 bits per heavy atom. The second-order valence-corrected chi connectivity index (χ2v) is 19.3. The highest BCUT2D eigenvalue weighted by atomic mass is 16.3. The van der Waals surface area contributed by atoms with E-state index in [4.69, 9.17) is 19.4 Å². The number of pyridine rings is 3. The van der Waals surface area contributed by atoms with Gasteiger partial charge in [0.05, 0.1) is 17.1 Å². The molecule has 4 heterocycles. The zero-order chi connectivity index (χ0) is 50.2. The summed E-state index contributed by atoms with van der Waals surface area (Å²) in [5, 5.41) is 2.25. The van der Waals surface area contributed by atoms with Crippen LogP contribution < -0.4 is 0 Å². The minimum Gasteiger partial charge on any atom is -0.456 e. The SMILES string of the molecule is Cc1ccc(-c2ccc(-c3ccccc3-c3cc(-c4ccccc4-c4ccc(-c5ccc(C)cn5)cc4)cc(-c4ccccc4-c4ccc(-c5cc(-c6ccc7c(c6)oc6ccccc67)ccn5)cc4)c3)cc2)nc1. The first-order chi connectivity index (χ1) is 37.0. The van der Waals surface area contributed by atoms with Crippen LogP contribution in [0.2, 0.25) is 0 Å². The van der Waals surface area contributed by atoms with Gasteiger partial charge in [0.25, 0.3) is 0 Å². The number of hydrogen-bond acceptors (Lipinski definition) is 4. The normalized spacial score (nSPS) is 11.3. The predicted molar refractivity (Wildman–Crippen MR) is 311 cm³/mol. The highest BCUT2D eigenvalue weighted by Gasteiger charge is 2.18. The van der Waals surface area contributed by atoms with Crippen LogP contribution in [0.3, 0.4) is 0 Å². The summed E-state index contributed by atoms with van der Waals surface area (Å²) >= 11 is 0. The quantitative estimate of drug-likeness (QED) is 0.137. The Bertz CT molecular complexity index is 4060. The van der Waals surface area contributed by atoms with Crippen molar-refractivity contribution in [2.24, 2.45) is 0 Å². The van der Waals surface area contributed by atoms with Crippen molar-refractivity contribution >= 4 is 21.9 Å². The highest BCUT2D eigenvalue weighted by molar-refractivity contribution is 6.06. The van der Waals surface area contributed by atoms with Gasteiger partial charge in [-0.2, -0.15) is 0 Å². The maximum Gasteiger partial charge on any atom is 0.136 e. The summed E-state index contributed by atoms with van der Waals surface area (Å²) < 4.78 is 6.25. The molecule has 9 aromatic carbocycles. The molecule has 0 saturated carbocycles. The molecule has 0 radical (unpaired) electrons. The zero-order valence-electron chi connectivity index (χ0n) is 41.6. The fourth-order valence-corrected chi connectivity index (χ4v) is 10.5. The topological polar surface area (TPSA) is 51.8 Å². The molecule has 75 heavy (non-hydrogen) atoms. The van der Waals surface area contributed by atoms with Gasteiger partial charge in [-0.05, 0) is 164 Å². The second-order valence-electron chi connectivity index (χ2n) is 19.3. The van der Waals surface area contributed by atoms with Crippen molar-refractivity contribution in [1.82, 2.24) is 15.0 Å². The number of hydrogen-bond donors (Lipinski definition) is 0. The number of aromatic nitrogens is 3. The first-order valence-electron chi connectivity index (χ1n) is 25.4. The van der Waals surface area contributed by atoms with Gasteiger partial charge in [-0.25, -0.2) is 0 Å². The summed E-state index contributed by atoms with van der Waals surface area (Å²) in [7, 11) is 0. The Morgan fingerprint density at radius 2 is 0.627 bits per heavy atom. The van der Waals surface area contributed by atoms with Crippen molar-refractivity contribution < 1.29 is 4.42 Å². The van der Waals surface area contributed by atoms with E-state index >= 15 is 0 Å². The van der Waals surface area contributed by atoms with Crippen molar-refractivity contribution in [3.63, 3.8) is 0 Å². The van der Waals surface area contributed by atoms with Crippen LogP contribution >= 0.6 is 0 Å². The van der Waals surface area contributed by atoms with E-state index in [-0.39, 0.29) is 0 Å². The standard InChI is InChI=1S/C71H49N3O/c1-46-19-35-67(73-44-46)51-27-21-48(22-28-51)59-11-3-6-14-62(59)56-39-57(63-15-7-4-12-60(63)49-23-29-52(30-24-49)68-36-20-47(2)45-74-68)41-58(40-56)64-16-8-5-13-61(64)50-25-31-53(32-26-50)69-42-55(37-38-72-69)54-33-34-66-65-17-9-10-18-70(65)75-71(66)43-54/h3-45H,1-2H3.